The van der Waals surface area contributed by atoms with E-state index in [9.17, 15) is 13.6 Å². The van der Waals surface area contributed by atoms with Crippen LogP contribution < -0.4 is 4.74 Å². The minimum absolute atomic E-state index is 0.0990. The van der Waals surface area contributed by atoms with E-state index < -0.39 is 17.4 Å². The van der Waals surface area contributed by atoms with Crippen molar-refractivity contribution in [2.24, 2.45) is 0 Å². The van der Waals surface area contributed by atoms with Crippen LogP contribution in [0.3, 0.4) is 0 Å². The molecule has 3 nitrogen and oxygen atoms in total. The SMILES string of the molecule is COc1cc(C(=O)Cl)c(C(F)F)nc1Br. The van der Waals surface area contributed by atoms with Gasteiger partial charge in [0.2, 0.25) is 0 Å². The van der Waals surface area contributed by atoms with Gasteiger partial charge in [-0.1, -0.05) is 0 Å². The Labute approximate surface area is 97.5 Å². The van der Waals surface area contributed by atoms with E-state index >= 15 is 0 Å². The van der Waals surface area contributed by atoms with E-state index in [1.807, 2.05) is 0 Å². The third kappa shape index (κ3) is 2.63. The van der Waals surface area contributed by atoms with Crippen LogP contribution in [0.5, 0.6) is 5.75 Å². The largest absolute Gasteiger partial charge is 0.494 e. The number of hydrogen-bond donors (Lipinski definition) is 0. The summed E-state index contributed by atoms with van der Waals surface area (Å²) < 4.78 is 29.8. The third-order valence-corrected chi connectivity index (χ3v) is 2.38. The quantitative estimate of drug-likeness (QED) is 0.636. The molecule has 1 aromatic heterocycles. The second-order valence-corrected chi connectivity index (χ2v) is 3.58. The van der Waals surface area contributed by atoms with Crippen LogP contribution in [0.1, 0.15) is 22.5 Å². The predicted octanol–water partition coefficient (Wildman–Crippen LogP) is 3.17. The molecule has 0 unspecified atom stereocenters. The molecule has 0 spiro atoms. The van der Waals surface area contributed by atoms with E-state index in [1.54, 1.807) is 0 Å². The number of halogens is 4. The average Bonchev–Trinajstić information content (AvgIpc) is 2.16. The van der Waals surface area contributed by atoms with Gasteiger partial charge in [-0.25, -0.2) is 13.8 Å². The molecule has 1 heterocycles. The Kier molecular flexibility index (Phi) is 3.98. The maximum absolute atomic E-state index is 12.5. The monoisotopic (exact) mass is 299 g/mol. The van der Waals surface area contributed by atoms with Crippen molar-refractivity contribution in [3.63, 3.8) is 0 Å². The van der Waals surface area contributed by atoms with Gasteiger partial charge in [-0.2, -0.15) is 0 Å². The van der Waals surface area contributed by atoms with Crippen LogP contribution >= 0.6 is 27.5 Å². The summed E-state index contributed by atoms with van der Waals surface area (Å²) in [5.41, 5.74) is -1.02. The molecule has 0 amide bonds. The van der Waals surface area contributed by atoms with Gasteiger partial charge in [0.15, 0.2) is 5.75 Å². The van der Waals surface area contributed by atoms with Crippen LogP contribution in [-0.2, 0) is 0 Å². The number of nitrogens with zero attached hydrogens (tertiary/aromatic N) is 1. The highest BCUT2D eigenvalue weighted by atomic mass is 79.9. The second-order valence-electron chi connectivity index (χ2n) is 2.49. The van der Waals surface area contributed by atoms with Crippen molar-refractivity contribution in [1.29, 1.82) is 0 Å². The van der Waals surface area contributed by atoms with Crippen molar-refractivity contribution >= 4 is 32.8 Å². The molecule has 0 aliphatic heterocycles. The Bertz CT molecular complexity index is 400. The summed E-state index contributed by atoms with van der Waals surface area (Å²) in [6.07, 6.45) is -2.87. The zero-order valence-electron chi connectivity index (χ0n) is 7.43. The topological polar surface area (TPSA) is 39.2 Å². The van der Waals surface area contributed by atoms with Crippen molar-refractivity contribution < 1.29 is 18.3 Å². The van der Waals surface area contributed by atoms with Gasteiger partial charge < -0.3 is 4.74 Å². The number of carbonyl (C=O) groups excluding carboxylic acids is 1. The molecule has 0 aromatic carbocycles. The fourth-order valence-electron chi connectivity index (χ4n) is 0.953. The van der Waals surface area contributed by atoms with Gasteiger partial charge >= 0.3 is 0 Å². The lowest BCUT2D eigenvalue weighted by Crippen LogP contribution is -2.03. The Hall–Kier alpha value is -0.750. The van der Waals surface area contributed by atoms with Crippen LogP contribution in [0, 0.1) is 0 Å². The fraction of sp³-hybridized carbons (Fsp3) is 0.250. The maximum Gasteiger partial charge on any atom is 0.281 e. The first kappa shape index (κ1) is 12.3. The summed E-state index contributed by atoms with van der Waals surface area (Å²) >= 11 is 8.09. The van der Waals surface area contributed by atoms with Crippen molar-refractivity contribution in [2.75, 3.05) is 7.11 Å². The molecule has 0 fully saturated rings. The summed E-state index contributed by atoms with van der Waals surface area (Å²) in [6, 6.07) is 1.12. The summed E-state index contributed by atoms with van der Waals surface area (Å²) in [7, 11) is 1.33. The Morgan fingerprint density at radius 2 is 2.27 bits per heavy atom. The lowest BCUT2D eigenvalue weighted by molar-refractivity contribution is 0.106. The Morgan fingerprint density at radius 3 is 2.67 bits per heavy atom. The molecule has 0 atom stereocenters. The van der Waals surface area contributed by atoms with E-state index in [-0.39, 0.29) is 15.9 Å². The van der Waals surface area contributed by atoms with Crippen LogP contribution in [-0.4, -0.2) is 17.3 Å². The Balaban J connectivity index is 3.39. The zero-order chi connectivity index (χ0) is 11.6. The normalized spacial score (nSPS) is 10.5. The van der Waals surface area contributed by atoms with Gasteiger partial charge in [0.25, 0.3) is 11.7 Å². The molecule has 1 rings (SSSR count). The van der Waals surface area contributed by atoms with Crippen LogP contribution in [0.15, 0.2) is 10.7 Å². The van der Waals surface area contributed by atoms with Crippen LogP contribution in [0.2, 0.25) is 0 Å². The minimum atomic E-state index is -2.87. The summed E-state index contributed by atoms with van der Waals surface area (Å²) in [5, 5.41) is -0.997. The van der Waals surface area contributed by atoms with Gasteiger partial charge in [0.05, 0.1) is 12.7 Å². The first-order chi connectivity index (χ1) is 6.97. The smallest absolute Gasteiger partial charge is 0.281 e. The van der Waals surface area contributed by atoms with Gasteiger partial charge in [0, 0.05) is 0 Å². The van der Waals surface area contributed by atoms with Crippen molar-refractivity contribution in [2.45, 2.75) is 6.43 Å². The molecule has 15 heavy (non-hydrogen) atoms. The van der Waals surface area contributed by atoms with Crippen LogP contribution in [0.25, 0.3) is 0 Å². The number of ether oxygens (including phenoxy) is 1. The molecule has 0 aliphatic carbocycles. The molecule has 0 aliphatic rings. The van der Waals surface area contributed by atoms with Gasteiger partial charge in [-0.05, 0) is 33.6 Å². The predicted molar refractivity (Wildman–Crippen MR) is 53.6 cm³/mol. The van der Waals surface area contributed by atoms with Gasteiger partial charge in [0.1, 0.15) is 10.3 Å². The van der Waals surface area contributed by atoms with Crippen molar-refractivity contribution in [3.05, 3.63) is 21.9 Å². The molecule has 7 heteroatoms. The first-order valence-electron chi connectivity index (χ1n) is 3.69. The Morgan fingerprint density at radius 1 is 1.67 bits per heavy atom. The highest BCUT2D eigenvalue weighted by Crippen LogP contribution is 2.30. The highest BCUT2D eigenvalue weighted by molar-refractivity contribution is 9.10. The highest BCUT2D eigenvalue weighted by Gasteiger charge is 2.21. The van der Waals surface area contributed by atoms with Gasteiger partial charge in [-0.15, -0.1) is 0 Å². The maximum atomic E-state index is 12.5. The van der Waals surface area contributed by atoms with E-state index in [0.29, 0.717) is 0 Å². The zero-order valence-corrected chi connectivity index (χ0v) is 9.77. The van der Waals surface area contributed by atoms with E-state index in [0.717, 1.165) is 6.07 Å². The molecular formula is C8H5BrClF2NO2. The fourth-order valence-corrected chi connectivity index (χ4v) is 1.57. The van der Waals surface area contributed by atoms with Crippen molar-refractivity contribution in [1.82, 2.24) is 4.98 Å². The van der Waals surface area contributed by atoms with Crippen molar-refractivity contribution in [3.8, 4) is 5.75 Å². The summed E-state index contributed by atoms with van der Waals surface area (Å²) in [6.45, 7) is 0. The number of alkyl halides is 2. The lowest BCUT2D eigenvalue weighted by atomic mass is 10.2. The number of pyridine rings is 1. The summed E-state index contributed by atoms with van der Waals surface area (Å²) in [4.78, 5) is 14.4. The minimum Gasteiger partial charge on any atom is -0.494 e. The summed E-state index contributed by atoms with van der Waals surface area (Å²) in [5.74, 6) is 0.170. The van der Waals surface area contributed by atoms with E-state index in [2.05, 4.69) is 20.9 Å². The molecule has 0 saturated heterocycles. The number of rotatable bonds is 3. The van der Waals surface area contributed by atoms with E-state index in [1.165, 1.54) is 7.11 Å². The lowest BCUT2D eigenvalue weighted by Gasteiger charge is -2.08. The molecule has 0 bridgehead atoms. The number of hydrogen-bond acceptors (Lipinski definition) is 3. The number of aromatic nitrogens is 1. The number of methoxy groups -OCH3 is 1. The average molecular weight is 300 g/mol. The molecule has 82 valence electrons. The second kappa shape index (κ2) is 4.85. The van der Waals surface area contributed by atoms with Crippen LogP contribution in [0.4, 0.5) is 8.78 Å². The molecular weight excluding hydrogens is 295 g/mol. The molecule has 0 radical (unpaired) electrons. The van der Waals surface area contributed by atoms with E-state index in [4.69, 9.17) is 16.3 Å². The van der Waals surface area contributed by atoms with Gasteiger partial charge in [-0.3, -0.25) is 4.79 Å². The standard InChI is InChI=1S/C8H5BrClF2NO2/c1-15-4-2-3(7(10)14)5(8(11)12)13-6(4)9/h2,8H,1H3. The molecule has 1 aromatic rings. The first-order valence-corrected chi connectivity index (χ1v) is 4.87. The molecule has 0 N–H and O–H groups in total. The molecule has 0 saturated carbocycles. The number of carbonyl (C=O) groups is 1. The third-order valence-electron chi connectivity index (χ3n) is 1.61.